The van der Waals surface area contributed by atoms with Crippen molar-refractivity contribution in [2.75, 3.05) is 12.3 Å². The van der Waals surface area contributed by atoms with Gasteiger partial charge >= 0.3 is 0 Å². The van der Waals surface area contributed by atoms with E-state index in [-0.39, 0.29) is 22.7 Å². The lowest BCUT2D eigenvalue weighted by Gasteiger charge is -2.35. The number of nitrogen functional groups attached to an aromatic ring is 1. The van der Waals surface area contributed by atoms with E-state index in [1.807, 2.05) is 26.0 Å². The SMILES string of the molecule is CC(C)c1ccc2c(c1)OC1(O)c3cccc(N)c3C(=O)C21NC(=O)C1CCCO1. The molecule has 1 aliphatic carbocycles. The molecule has 3 unspecified atom stereocenters. The summed E-state index contributed by atoms with van der Waals surface area (Å²) in [6.07, 6.45) is 0.654. The van der Waals surface area contributed by atoms with Crippen LogP contribution in [-0.4, -0.2) is 29.5 Å². The monoisotopic (exact) mass is 408 g/mol. The average molecular weight is 408 g/mol. The summed E-state index contributed by atoms with van der Waals surface area (Å²) in [6.45, 7) is 4.58. The number of Topliss-reactive ketones (excluding diaryl/α,β-unsaturated/α-hetero) is 1. The smallest absolute Gasteiger partial charge is 0.271 e. The van der Waals surface area contributed by atoms with Gasteiger partial charge in [-0.1, -0.05) is 38.1 Å². The number of amides is 1. The third kappa shape index (κ3) is 2.27. The average Bonchev–Trinajstić information content (AvgIpc) is 3.37. The quantitative estimate of drug-likeness (QED) is 0.672. The number of anilines is 1. The molecule has 1 fully saturated rings. The fraction of sp³-hybridized carbons (Fsp3) is 0.391. The van der Waals surface area contributed by atoms with Crippen LogP contribution >= 0.6 is 0 Å². The summed E-state index contributed by atoms with van der Waals surface area (Å²) < 4.78 is 11.6. The summed E-state index contributed by atoms with van der Waals surface area (Å²) in [7, 11) is 0. The number of nitrogens with two attached hydrogens (primary N) is 1. The van der Waals surface area contributed by atoms with E-state index >= 15 is 0 Å². The van der Waals surface area contributed by atoms with Crippen LogP contribution in [0.15, 0.2) is 36.4 Å². The molecule has 2 aliphatic heterocycles. The third-order valence-corrected chi connectivity index (χ3v) is 6.40. The Labute approximate surface area is 174 Å². The van der Waals surface area contributed by atoms with Crippen LogP contribution in [0.4, 0.5) is 5.69 Å². The lowest BCUT2D eigenvalue weighted by molar-refractivity contribution is -0.177. The lowest BCUT2D eigenvalue weighted by atomic mass is 9.82. The van der Waals surface area contributed by atoms with Crippen LogP contribution < -0.4 is 15.8 Å². The molecule has 2 aromatic rings. The first kappa shape index (κ1) is 19.1. The van der Waals surface area contributed by atoms with Crippen LogP contribution in [0.1, 0.15) is 59.7 Å². The summed E-state index contributed by atoms with van der Waals surface area (Å²) in [6, 6.07) is 10.3. The Kier molecular flexibility index (Phi) is 4.01. The Hall–Kier alpha value is -2.90. The van der Waals surface area contributed by atoms with E-state index in [0.717, 1.165) is 12.0 Å². The molecule has 7 nitrogen and oxygen atoms in total. The largest absolute Gasteiger partial charge is 0.454 e. The molecule has 5 rings (SSSR count). The molecule has 30 heavy (non-hydrogen) atoms. The molecule has 1 amide bonds. The highest BCUT2D eigenvalue weighted by Crippen LogP contribution is 2.59. The van der Waals surface area contributed by atoms with Crippen LogP contribution in [0.25, 0.3) is 0 Å². The van der Waals surface area contributed by atoms with Gasteiger partial charge in [-0.05, 0) is 36.5 Å². The zero-order chi connectivity index (χ0) is 21.3. The van der Waals surface area contributed by atoms with Crippen molar-refractivity contribution in [2.24, 2.45) is 0 Å². The van der Waals surface area contributed by atoms with Gasteiger partial charge < -0.3 is 25.6 Å². The number of hydrogen-bond acceptors (Lipinski definition) is 6. The van der Waals surface area contributed by atoms with Crippen LogP contribution in [0.2, 0.25) is 0 Å². The van der Waals surface area contributed by atoms with E-state index in [4.69, 9.17) is 15.2 Å². The summed E-state index contributed by atoms with van der Waals surface area (Å²) >= 11 is 0. The van der Waals surface area contributed by atoms with Crippen molar-refractivity contribution in [3.05, 3.63) is 58.7 Å². The Bertz CT molecular complexity index is 1080. The second-order valence-electron chi connectivity index (χ2n) is 8.50. The van der Waals surface area contributed by atoms with Crippen molar-refractivity contribution in [1.82, 2.24) is 5.32 Å². The second kappa shape index (κ2) is 6.30. The van der Waals surface area contributed by atoms with Gasteiger partial charge in [0.05, 0.1) is 5.56 Å². The Morgan fingerprint density at radius 3 is 2.77 bits per heavy atom. The number of rotatable bonds is 3. The van der Waals surface area contributed by atoms with Crippen molar-refractivity contribution >= 4 is 17.4 Å². The first-order valence-corrected chi connectivity index (χ1v) is 10.2. The number of ether oxygens (including phenoxy) is 2. The van der Waals surface area contributed by atoms with E-state index in [1.165, 1.54) is 0 Å². The van der Waals surface area contributed by atoms with Gasteiger partial charge in [0.1, 0.15) is 11.9 Å². The molecule has 0 bridgehead atoms. The first-order valence-electron chi connectivity index (χ1n) is 10.2. The van der Waals surface area contributed by atoms with Gasteiger partial charge in [0.15, 0.2) is 0 Å². The Balaban J connectivity index is 1.71. The van der Waals surface area contributed by atoms with Gasteiger partial charge in [-0.15, -0.1) is 0 Å². The number of hydrogen-bond donors (Lipinski definition) is 3. The van der Waals surface area contributed by atoms with Crippen molar-refractivity contribution in [3.63, 3.8) is 0 Å². The second-order valence-corrected chi connectivity index (χ2v) is 8.50. The van der Waals surface area contributed by atoms with E-state index in [1.54, 1.807) is 24.3 Å². The van der Waals surface area contributed by atoms with Gasteiger partial charge in [-0.3, -0.25) is 9.59 Å². The third-order valence-electron chi connectivity index (χ3n) is 6.40. The van der Waals surface area contributed by atoms with Crippen LogP contribution in [-0.2, 0) is 20.9 Å². The molecule has 3 atom stereocenters. The van der Waals surface area contributed by atoms with Crippen LogP contribution in [0.5, 0.6) is 5.75 Å². The number of benzene rings is 2. The van der Waals surface area contributed by atoms with Crippen LogP contribution in [0, 0.1) is 0 Å². The molecular formula is C23H24N2O5. The summed E-state index contributed by atoms with van der Waals surface area (Å²) in [5.74, 6) is -2.43. The predicted octanol–water partition coefficient (Wildman–Crippen LogP) is 2.32. The van der Waals surface area contributed by atoms with Crippen molar-refractivity contribution in [1.29, 1.82) is 0 Å². The highest BCUT2D eigenvalue weighted by molar-refractivity contribution is 6.15. The highest BCUT2D eigenvalue weighted by atomic mass is 16.6. The molecule has 4 N–H and O–H groups in total. The Morgan fingerprint density at radius 2 is 2.07 bits per heavy atom. The van der Waals surface area contributed by atoms with E-state index in [2.05, 4.69) is 5.32 Å². The van der Waals surface area contributed by atoms with E-state index < -0.39 is 29.1 Å². The molecular weight excluding hydrogens is 384 g/mol. The van der Waals surface area contributed by atoms with Gasteiger partial charge in [-0.2, -0.15) is 0 Å². The highest BCUT2D eigenvalue weighted by Gasteiger charge is 2.72. The van der Waals surface area contributed by atoms with Crippen molar-refractivity contribution in [2.45, 2.75) is 50.0 Å². The molecule has 1 saturated heterocycles. The van der Waals surface area contributed by atoms with E-state index in [9.17, 15) is 14.7 Å². The van der Waals surface area contributed by atoms with Gasteiger partial charge in [0, 0.05) is 23.4 Å². The molecule has 156 valence electrons. The normalized spacial score (nSPS) is 28.8. The van der Waals surface area contributed by atoms with Gasteiger partial charge in [0.2, 0.25) is 17.2 Å². The zero-order valence-corrected chi connectivity index (χ0v) is 16.9. The molecule has 2 heterocycles. The number of nitrogens with one attached hydrogen (secondary N) is 1. The molecule has 2 aromatic carbocycles. The minimum atomic E-state index is -2.10. The maximum atomic E-state index is 13.8. The maximum absolute atomic E-state index is 13.8. The number of ketones is 1. The summed E-state index contributed by atoms with van der Waals surface area (Å²) in [5, 5.41) is 14.6. The summed E-state index contributed by atoms with van der Waals surface area (Å²) in [5.41, 5.74) is 6.35. The minimum absolute atomic E-state index is 0.172. The maximum Gasteiger partial charge on any atom is 0.271 e. The van der Waals surface area contributed by atoms with Gasteiger partial charge in [0.25, 0.3) is 5.79 Å². The molecule has 0 spiro atoms. The standard InChI is InChI=1S/C23H24N2O5/c1-12(2)13-8-9-14-18(11-13)30-23(28)15-5-3-6-16(24)19(15)20(26)22(14,23)25-21(27)17-7-4-10-29-17/h3,5-6,8-9,11-12,17,28H,4,7,10,24H2,1-2H3,(H,25,27). The molecule has 0 saturated carbocycles. The number of aliphatic hydroxyl groups is 1. The Morgan fingerprint density at radius 1 is 1.27 bits per heavy atom. The van der Waals surface area contributed by atoms with E-state index in [0.29, 0.717) is 24.3 Å². The van der Waals surface area contributed by atoms with Crippen molar-refractivity contribution < 1.29 is 24.2 Å². The molecule has 0 aromatic heterocycles. The number of fused-ring (bicyclic) bond motifs is 5. The number of carbonyl (C=O) groups excluding carboxylic acids is 2. The van der Waals surface area contributed by atoms with Crippen LogP contribution in [0.3, 0.4) is 0 Å². The fourth-order valence-corrected chi connectivity index (χ4v) is 4.80. The lowest BCUT2D eigenvalue weighted by Crippen LogP contribution is -2.61. The topological polar surface area (TPSA) is 111 Å². The zero-order valence-electron chi connectivity index (χ0n) is 16.9. The van der Waals surface area contributed by atoms with Gasteiger partial charge in [-0.25, -0.2) is 0 Å². The minimum Gasteiger partial charge on any atom is -0.454 e. The first-order chi connectivity index (χ1) is 14.3. The predicted molar refractivity (Wildman–Crippen MR) is 109 cm³/mol. The van der Waals surface area contributed by atoms with Crippen molar-refractivity contribution in [3.8, 4) is 5.75 Å². The summed E-state index contributed by atoms with van der Waals surface area (Å²) in [4.78, 5) is 26.8. The molecule has 0 radical (unpaired) electrons. The fourth-order valence-electron chi connectivity index (χ4n) is 4.80. The molecule has 3 aliphatic rings. The molecule has 7 heteroatoms. The number of carbonyl (C=O) groups is 2.